The molecule has 0 spiro atoms. The number of thiazole rings is 1. The molecule has 0 amide bonds. The van der Waals surface area contributed by atoms with Gasteiger partial charge in [-0.15, -0.1) is 11.3 Å². The number of rotatable bonds is 2. The summed E-state index contributed by atoms with van der Waals surface area (Å²) in [5, 5.41) is 11.1. The number of hydrogen-bond donors (Lipinski definition) is 0. The highest BCUT2D eigenvalue weighted by molar-refractivity contribution is 7.10. The van der Waals surface area contributed by atoms with Gasteiger partial charge >= 0.3 is 0 Å². The van der Waals surface area contributed by atoms with Gasteiger partial charge in [0, 0.05) is 10.9 Å². The highest BCUT2D eigenvalue weighted by atomic mass is 32.1. The van der Waals surface area contributed by atoms with Crippen molar-refractivity contribution in [2.45, 2.75) is 19.8 Å². The van der Waals surface area contributed by atoms with Crippen molar-refractivity contribution in [3.05, 3.63) is 40.2 Å². The van der Waals surface area contributed by atoms with Crippen molar-refractivity contribution in [2.75, 3.05) is 0 Å². The molecule has 0 aliphatic heterocycles. The third-order valence-corrected chi connectivity index (χ3v) is 3.22. The lowest BCUT2D eigenvalue weighted by atomic mass is 10.0. The summed E-state index contributed by atoms with van der Waals surface area (Å²) in [7, 11) is 0. The second-order valence-corrected chi connectivity index (χ2v) is 4.78. The lowest BCUT2D eigenvalue weighted by Crippen LogP contribution is -1.86. The molecule has 0 fully saturated rings. The van der Waals surface area contributed by atoms with Gasteiger partial charge in [0.05, 0.1) is 5.69 Å². The topological polar surface area (TPSA) is 36.7 Å². The number of hydrogen-bond acceptors (Lipinski definition) is 3. The Hall–Kier alpha value is -1.66. The van der Waals surface area contributed by atoms with Gasteiger partial charge in [0.25, 0.3) is 0 Å². The Morgan fingerprint density at radius 2 is 1.94 bits per heavy atom. The van der Waals surface area contributed by atoms with E-state index in [-0.39, 0.29) is 0 Å². The average Bonchev–Trinajstić information content (AvgIpc) is 2.77. The average molecular weight is 228 g/mol. The minimum absolute atomic E-state index is 0.517. The maximum absolute atomic E-state index is 8.71. The van der Waals surface area contributed by atoms with Crippen molar-refractivity contribution in [3.8, 4) is 17.3 Å². The smallest absolute Gasteiger partial charge is 0.194 e. The normalized spacial score (nSPS) is 10.4. The Morgan fingerprint density at radius 1 is 1.25 bits per heavy atom. The van der Waals surface area contributed by atoms with Crippen LogP contribution < -0.4 is 0 Å². The Balaban J connectivity index is 2.31. The van der Waals surface area contributed by atoms with Gasteiger partial charge in [-0.25, -0.2) is 4.98 Å². The maximum atomic E-state index is 8.71. The highest BCUT2D eigenvalue weighted by Crippen LogP contribution is 2.23. The predicted octanol–water partition coefficient (Wildman–Crippen LogP) is 3.81. The predicted molar refractivity (Wildman–Crippen MR) is 66.4 cm³/mol. The first-order chi connectivity index (χ1) is 7.70. The molecule has 16 heavy (non-hydrogen) atoms. The molecular weight excluding hydrogens is 216 g/mol. The maximum Gasteiger partial charge on any atom is 0.194 e. The quantitative estimate of drug-likeness (QED) is 0.783. The van der Waals surface area contributed by atoms with Crippen LogP contribution in [0.3, 0.4) is 0 Å². The minimum Gasteiger partial charge on any atom is -0.226 e. The van der Waals surface area contributed by atoms with E-state index in [1.165, 1.54) is 16.9 Å². The summed E-state index contributed by atoms with van der Waals surface area (Å²) in [6.45, 7) is 4.34. The first kappa shape index (κ1) is 10.8. The second kappa shape index (κ2) is 4.46. The van der Waals surface area contributed by atoms with Gasteiger partial charge in [-0.05, 0) is 11.5 Å². The zero-order valence-corrected chi connectivity index (χ0v) is 10.1. The van der Waals surface area contributed by atoms with E-state index in [2.05, 4.69) is 49.2 Å². The van der Waals surface area contributed by atoms with Gasteiger partial charge in [0.15, 0.2) is 5.01 Å². The molecular formula is C13H12N2S. The Morgan fingerprint density at radius 3 is 2.44 bits per heavy atom. The fourth-order valence-electron chi connectivity index (χ4n) is 1.50. The van der Waals surface area contributed by atoms with Crippen molar-refractivity contribution >= 4 is 11.3 Å². The van der Waals surface area contributed by atoms with Crippen LogP contribution in [-0.2, 0) is 0 Å². The van der Waals surface area contributed by atoms with Crippen LogP contribution in [0.4, 0.5) is 0 Å². The first-order valence-electron chi connectivity index (χ1n) is 5.16. The number of nitrogens with zero attached hydrogens (tertiary/aromatic N) is 2. The van der Waals surface area contributed by atoms with E-state index in [0.717, 1.165) is 11.3 Å². The fourth-order valence-corrected chi connectivity index (χ4v) is 2.11. The van der Waals surface area contributed by atoms with Crippen molar-refractivity contribution in [3.63, 3.8) is 0 Å². The molecule has 0 N–H and O–H groups in total. The van der Waals surface area contributed by atoms with Gasteiger partial charge in [0.1, 0.15) is 6.07 Å². The third kappa shape index (κ3) is 2.12. The lowest BCUT2D eigenvalue weighted by Gasteiger charge is -2.05. The zero-order valence-electron chi connectivity index (χ0n) is 9.27. The van der Waals surface area contributed by atoms with E-state index in [1.54, 1.807) is 0 Å². The molecule has 2 aromatic rings. The van der Waals surface area contributed by atoms with Gasteiger partial charge < -0.3 is 0 Å². The van der Waals surface area contributed by atoms with Crippen LogP contribution in [-0.4, -0.2) is 4.98 Å². The lowest BCUT2D eigenvalue weighted by molar-refractivity contribution is 0.867. The van der Waals surface area contributed by atoms with Crippen LogP contribution in [0, 0.1) is 11.3 Å². The number of nitriles is 1. The molecule has 3 heteroatoms. The van der Waals surface area contributed by atoms with E-state index < -0.39 is 0 Å². The molecule has 0 saturated heterocycles. The third-order valence-electron chi connectivity index (χ3n) is 2.47. The molecule has 0 radical (unpaired) electrons. The SMILES string of the molecule is CC(C)c1ccc(-c2csc(C#N)n2)cc1. The van der Waals surface area contributed by atoms with Gasteiger partial charge in [-0.3, -0.25) is 0 Å². The van der Waals surface area contributed by atoms with E-state index in [0.29, 0.717) is 10.9 Å². The molecule has 80 valence electrons. The molecule has 1 aromatic heterocycles. The monoisotopic (exact) mass is 228 g/mol. The Bertz CT molecular complexity index is 518. The molecule has 0 unspecified atom stereocenters. The zero-order chi connectivity index (χ0) is 11.5. The molecule has 0 atom stereocenters. The summed E-state index contributed by atoms with van der Waals surface area (Å²) in [6, 6.07) is 10.4. The van der Waals surface area contributed by atoms with Crippen molar-refractivity contribution in [1.82, 2.24) is 4.98 Å². The summed E-state index contributed by atoms with van der Waals surface area (Å²) in [5.41, 5.74) is 3.28. The van der Waals surface area contributed by atoms with Crippen molar-refractivity contribution in [1.29, 1.82) is 5.26 Å². The molecule has 1 aromatic carbocycles. The first-order valence-corrected chi connectivity index (χ1v) is 6.04. The summed E-state index contributed by atoms with van der Waals surface area (Å²) in [6.07, 6.45) is 0. The summed E-state index contributed by atoms with van der Waals surface area (Å²) < 4.78 is 0. The summed E-state index contributed by atoms with van der Waals surface area (Å²) >= 11 is 1.38. The van der Waals surface area contributed by atoms with Crippen LogP contribution in [0.5, 0.6) is 0 Å². The fraction of sp³-hybridized carbons (Fsp3) is 0.231. The molecule has 1 heterocycles. The molecule has 0 saturated carbocycles. The molecule has 0 bridgehead atoms. The van der Waals surface area contributed by atoms with Crippen LogP contribution in [0.25, 0.3) is 11.3 Å². The van der Waals surface area contributed by atoms with Gasteiger partial charge in [-0.2, -0.15) is 5.26 Å². The van der Waals surface area contributed by atoms with E-state index in [4.69, 9.17) is 5.26 Å². The highest BCUT2D eigenvalue weighted by Gasteiger charge is 2.04. The standard InChI is InChI=1S/C13H12N2S/c1-9(2)10-3-5-11(6-4-10)12-8-16-13(7-14)15-12/h3-6,8-9H,1-2H3. The number of benzene rings is 1. The Labute approximate surface area is 99.2 Å². The second-order valence-electron chi connectivity index (χ2n) is 3.93. The summed E-state index contributed by atoms with van der Waals surface area (Å²) in [5.74, 6) is 0.541. The molecule has 2 rings (SSSR count). The Kier molecular flexibility index (Phi) is 3.02. The van der Waals surface area contributed by atoms with E-state index in [9.17, 15) is 0 Å². The largest absolute Gasteiger partial charge is 0.226 e. The van der Waals surface area contributed by atoms with Crippen LogP contribution in [0.2, 0.25) is 0 Å². The van der Waals surface area contributed by atoms with E-state index >= 15 is 0 Å². The molecule has 2 nitrogen and oxygen atoms in total. The van der Waals surface area contributed by atoms with E-state index in [1.807, 2.05) is 5.38 Å². The van der Waals surface area contributed by atoms with Crippen LogP contribution >= 0.6 is 11.3 Å². The number of aromatic nitrogens is 1. The minimum atomic E-state index is 0.517. The summed E-state index contributed by atoms with van der Waals surface area (Å²) in [4.78, 5) is 4.23. The molecule has 0 aliphatic rings. The van der Waals surface area contributed by atoms with Crippen molar-refractivity contribution in [2.24, 2.45) is 0 Å². The van der Waals surface area contributed by atoms with Crippen LogP contribution in [0.1, 0.15) is 30.3 Å². The van der Waals surface area contributed by atoms with Crippen molar-refractivity contribution < 1.29 is 0 Å². The molecule has 0 aliphatic carbocycles. The van der Waals surface area contributed by atoms with Gasteiger partial charge in [0.2, 0.25) is 0 Å². The van der Waals surface area contributed by atoms with Crippen LogP contribution in [0.15, 0.2) is 29.6 Å². The van der Waals surface area contributed by atoms with Gasteiger partial charge in [-0.1, -0.05) is 38.1 Å².